The predicted octanol–water partition coefficient (Wildman–Crippen LogP) is 3.11. The molecule has 0 saturated carbocycles. The first-order chi connectivity index (χ1) is 10.7. The van der Waals surface area contributed by atoms with E-state index in [9.17, 15) is 8.78 Å². The van der Waals surface area contributed by atoms with Gasteiger partial charge >= 0.3 is 0 Å². The molecule has 132 valence electrons. The molecule has 0 aliphatic heterocycles. The van der Waals surface area contributed by atoms with Crippen molar-refractivity contribution in [2.24, 2.45) is 4.99 Å². The Hall–Kier alpha value is -0.960. The van der Waals surface area contributed by atoms with Gasteiger partial charge in [0.15, 0.2) is 5.96 Å². The summed E-state index contributed by atoms with van der Waals surface area (Å²) in [4.78, 5) is 4.10. The van der Waals surface area contributed by atoms with E-state index >= 15 is 0 Å². The zero-order chi connectivity index (χ0) is 16.2. The van der Waals surface area contributed by atoms with E-state index in [1.807, 2.05) is 6.92 Å². The number of nitrogens with zero attached hydrogens (tertiary/aromatic N) is 1. The molecule has 1 aromatic carbocycles. The van der Waals surface area contributed by atoms with E-state index in [-0.39, 0.29) is 24.0 Å². The smallest absolute Gasteiger partial charge is 0.190 e. The molecule has 4 nitrogen and oxygen atoms in total. The number of aliphatic imine (C=N–C) groups is 1. The molecule has 0 spiro atoms. The fraction of sp³-hybridized carbons (Fsp3) is 0.562. The van der Waals surface area contributed by atoms with E-state index in [0.717, 1.165) is 38.7 Å². The number of benzene rings is 1. The second-order valence-corrected chi connectivity index (χ2v) is 4.86. The zero-order valence-electron chi connectivity index (χ0n) is 13.7. The molecule has 7 heteroatoms. The quantitative estimate of drug-likeness (QED) is 0.268. The second-order valence-electron chi connectivity index (χ2n) is 4.86. The molecule has 0 atom stereocenters. The fourth-order valence-corrected chi connectivity index (χ4v) is 1.98. The van der Waals surface area contributed by atoms with Crippen molar-refractivity contribution in [2.75, 3.05) is 33.4 Å². The van der Waals surface area contributed by atoms with Crippen molar-refractivity contribution in [3.8, 4) is 0 Å². The molecular formula is C16H26F2IN3O. The van der Waals surface area contributed by atoms with Crippen LogP contribution in [0, 0.1) is 11.6 Å². The largest absolute Gasteiger partial charge is 0.382 e. The maximum atomic E-state index is 13.1. The number of hydrogen-bond donors (Lipinski definition) is 2. The van der Waals surface area contributed by atoms with Gasteiger partial charge < -0.3 is 15.4 Å². The molecule has 0 bridgehead atoms. The lowest BCUT2D eigenvalue weighted by atomic mass is 10.1. The highest BCUT2D eigenvalue weighted by atomic mass is 127. The van der Waals surface area contributed by atoms with Crippen LogP contribution in [0.5, 0.6) is 0 Å². The van der Waals surface area contributed by atoms with Crippen LogP contribution in [0.4, 0.5) is 8.78 Å². The lowest BCUT2D eigenvalue weighted by Gasteiger charge is -2.12. The van der Waals surface area contributed by atoms with E-state index in [4.69, 9.17) is 4.74 Å². The average Bonchev–Trinajstić information content (AvgIpc) is 2.48. The summed E-state index contributed by atoms with van der Waals surface area (Å²) >= 11 is 0. The molecule has 0 aliphatic rings. The minimum Gasteiger partial charge on any atom is -0.382 e. The molecule has 0 fully saturated rings. The molecule has 1 rings (SSSR count). The average molecular weight is 441 g/mol. The van der Waals surface area contributed by atoms with Gasteiger partial charge in [-0.2, -0.15) is 0 Å². The number of halogens is 3. The van der Waals surface area contributed by atoms with Crippen LogP contribution in [0.2, 0.25) is 0 Å². The second kappa shape index (κ2) is 13.5. The lowest BCUT2D eigenvalue weighted by Crippen LogP contribution is -2.38. The zero-order valence-corrected chi connectivity index (χ0v) is 16.0. The van der Waals surface area contributed by atoms with Gasteiger partial charge in [-0.3, -0.25) is 4.99 Å². The third kappa shape index (κ3) is 10.4. The third-order valence-corrected chi connectivity index (χ3v) is 3.06. The first-order valence-corrected chi connectivity index (χ1v) is 7.63. The van der Waals surface area contributed by atoms with Gasteiger partial charge in [0.25, 0.3) is 0 Å². The van der Waals surface area contributed by atoms with Crippen LogP contribution in [0.1, 0.15) is 25.3 Å². The highest BCUT2D eigenvalue weighted by Crippen LogP contribution is 2.07. The Morgan fingerprint density at radius 3 is 2.35 bits per heavy atom. The first kappa shape index (κ1) is 22.0. The van der Waals surface area contributed by atoms with E-state index in [2.05, 4.69) is 15.6 Å². The molecule has 0 aliphatic carbocycles. The van der Waals surface area contributed by atoms with Gasteiger partial charge in [0.05, 0.1) is 0 Å². The van der Waals surface area contributed by atoms with Gasteiger partial charge in [0.1, 0.15) is 11.6 Å². The van der Waals surface area contributed by atoms with Crippen molar-refractivity contribution in [1.82, 2.24) is 10.6 Å². The summed E-state index contributed by atoms with van der Waals surface area (Å²) < 4.78 is 31.4. The topological polar surface area (TPSA) is 45.6 Å². The highest BCUT2D eigenvalue weighted by molar-refractivity contribution is 14.0. The van der Waals surface area contributed by atoms with Crippen molar-refractivity contribution in [1.29, 1.82) is 0 Å². The fourth-order valence-electron chi connectivity index (χ4n) is 1.98. The summed E-state index contributed by atoms with van der Waals surface area (Å²) in [6.45, 7) is 4.87. The Kier molecular flexibility index (Phi) is 12.9. The van der Waals surface area contributed by atoms with Crippen molar-refractivity contribution >= 4 is 29.9 Å². The number of unbranched alkanes of at least 4 members (excludes halogenated alkanes) is 1. The van der Waals surface area contributed by atoms with E-state index in [1.54, 1.807) is 7.05 Å². The van der Waals surface area contributed by atoms with E-state index < -0.39 is 11.6 Å². The lowest BCUT2D eigenvalue weighted by molar-refractivity contribution is 0.143. The molecule has 0 amide bonds. The van der Waals surface area contributed by atoms with Crippen LogP contribution in [0.15, 0.2) is 23.2 Å². The van der Waals surface area contributed by atoms with Gasteiger partial charge in [-0.1, -0.05) is 0 Å². The van der Waals surface area contributed by atoms with Crippen LogP contribution in [0.3, 0.4) is 0 Å². The Morgan fingerprint density at radius 1 is 1.09 bits per heavy atom. The van der Waals surface area contributed by atoms with Crippen molar-refractivity contribution < 1.29 is 13.5 Å². The number of guanidine groups is 1. The summed E-state index contributed by atoms with van der Waals surface area (Å²) in [6.07, 6.45) is 2.52. The van der Waals surface area contributed by atoms with Gasteiger partial charge in [-0.05, 0) is 43.9 Å². The number of ether oxygens (including phenoxy) is 1. The van der Waals surface area contributed by atoms with Crippen LogP contribution in [0.25, 0.3) is 0 Å². The number of nitrogens with one attached hydrogen (secondary N) is 2. The molecule has 0 radical (unpaired) electrons. The highest BCUT2D eigenvalue weighted by Gasteiger charge is 2.02. The molecule has 2 N–H and O–H groups in total. The third-order valence-electron chi connectivity index (χ3n) is 3.06. The summed E-state index contributed by atoms with van der Waals surface area (Å²) in [5.74, 6) is -0.410. The molecule has 0 saturated heterocycles. The van der Waals surface area contributed by atoms with Gasteiger partial charge in [-0.15, -0.1) is 24.0 Å². The minimum absolute atomic E-state index is 0. The predicted molar refractivity (Wildman–Crippen MR) is 101 cm³/mol. The minimum atomic E-state index is -0.549. The van der Waals surface area contributed by atoms with E-state index in [1.165, 1.54) is 12.1 Å². The number of hydrogen-bond acceptors (Lipinski definition) is 2. The Balaban J connectivity index is 0.00000484. The number of rotatable bonds is 9. The van der Waals surface area contributed by atoms with Crippen molar-refractivity contribution in [2.45, 2.75) is 26.2 Å². The Morgan fingerprint density at radius 2 is 1.74 bits per heavy atom. The van der Waals surface area contributed by atoms with E-state index in [0.29, 0.717) is 24.5 Å². The molecule has 1 aromatic rings. The normalized spacial score (nSPS) is 11.0. The van der Waals surface area contributed by atoms with Crippen LogP contribution >= 0.6 is 24.0 Å². The van der Waals surface area contributed by atoms with Gasteiger partial charge in [0.2, 0.25) is 0 Å². The van der Waals surface area contributed by atoms with Crippen LogP contribution < -0.4 is 10.6 Å². The standard InChI is InChI=1S/C16H25F2N3O.HI/c1-3-22-9-5-4-7-20-16(19-2)21-8-6-13-10-14(17)12-15(18)11-13;/h10-12H,3-9H2,1-2H3,(H2,19,20,21);1H. The van der Waals surface area contributed by atoms with Gasteiger partial charge in [0, 0.05) is 39.4 Å². The van der Waals surface area contributed by atoms with Crippen LogP contribution in [-0.2, 0) is 11.2 Å². The van der Waals surface area contributed by atoms with Crippen LogP contribution in [-0.4, -0.2) is 39.3 Å². The molecule has 0 aromatic heterocycles. The summed E-state index contributed by atoms with van der Waals surface area (Å²) in [5, 5.41) is 6.31. The molecule has 0 unspecified atom stereocenters. The van der Waals surface area contributed by atoms with Gasteiger partial charge in [-0.25, -0.2) is 8.78 Å². The molecule has 0 heterocycles. The summed E-state index contributed by atoms with van der Waals surface area (Å²) in [7, 11) is 1.69. The van der Waals surface area contributed by atoms with Crippen molar-refractivity contribution in [3.05, 3.63) is 35.4 Å². The Labute approximate surface area is 154 Å². The van der Waals surface area contributed by atoms with Crippen molar-refractivity contribution in [3.63, 3.8) is 0 Å². The summed E-state index contributed by atoms with van der Waals surface area (Å²) in [5.41, 5.74) is 0.622. The molecule has 23 heavy (non-hydrogen) atoms. The Bertz CT molecular complexity index is 452. The molecular weight excluding hydrogens is 415 g/mol. The summed E-state index contributed by atoms with van der Waals surface area (Å²) in [6, 6.07) is 3.56. The maximum absolute atomic E-state index is 13.1. The monoisotopic (exact) mass is 441 g/mol. The SMILES string of the molecule is CCOCCCCNC(=NC)NCCc1cc(F)cc(F)c1.I. The first-order valence-electron chi connectivity index (χ1n) is 7.63. The maximum Gasteiger partial charge on any atom is 0.190 e.